The van der Waals surface area contributed by atoms with Gasteiger partial charge < -0.3 is 10.0 Å². The fraction of sp³-hybridized carbons (Fsp3) is 0.571. The first kappa shape index (κ1) is 12.6. The SMILES string of the molecule is O=C1C[C@H]2[C@H](CCN2Cc2ccccn2)N1CCO. The molecule has 5 heteroatoms. The smallest absolute Gasteiger partial charge is 0.224 e. The third-order valence-electron chi connectivity index (χ3n) is 4.16. The monoisotopic (exact) mass is 261 g/mol. The molecule has 3 rings (SSSR count). The fourth-order valence-corrected chi connectivity index (χ4v) is 3.30. The van der Waals surface area contributed by atoms with E-state index in [1.807, 2.05) is 23.1 Å². The molecule has 0 aliphatic carbocycles. The summed E-state index contributed by atoms with van der Waals surface area (Å²) in [5.74, 6) is 0.176. The van der Waals surface area contributed by atoms with Crippen LogP contribution >= 0.6 is 0 Å². The molecule has 2 atom stereocenters. The number of aromatic nitrogens is 1. The van der Waals surface area contributed by atoms with E-state index in [2.05, 4.69) is 9.88 Å². The lowest BCUT2D eigenvalue weighted by Gasteiger charge is -2.24. The van der Waals surface area contributed by atoms with Gasteiger partial charge in [0.15, 0.2) is 0 Å². The van der Waals surface area contributed by atoms with Crippen LogP contribution in [0.2, 0.25) is 0 Å². The number of carbonyl (C=O) groups excluding carboxylic acids is 1. The Balaban J connectivity index is 1.69. The molecule has 1 amide bonds. The minimum Gasteiger partial charge on any atom is -0.395 e. The quantitative estimate of drug-likeness (QED) is 0.844. The highest BCUT2D eigenvalue weighted by Crippen LogP contribution is 2.32. The number of likely N-dealkylation sites (tertiary alicyclic amines) is 2. The first-order chi connectivity index (χ1) is 9.29. The van der Waals surface area contributed by atoms with Crippen LogP contribution in [0.25, 0.3) is 0 Å². The van der Waals surface area contributed by atoms with Crippen LogP contribution in [0, 0.1) is 0 Å². The van der Waals surface area contributed by atoms with Crippen molar-refractivity contribution < 1.29 is 9.90 Å². The van der Waals surface area contributed by atoms with Crippen molar-refractivity contribution in [3.8, 4) is 0 Å². The largest absolute Gasteiger partial charge is 0.395 e. The van der Waals surface area contributed by atoms with E-state index in [1.54, 1.807) is 6.20 Å². The van der Waals surface area contributed by atoms with E-state index < -0.39 is 0 Å². The van der Waals surface area contributed by atoms with Gasteiger partial charge in [0, 0.05) is 44.3 Å². The summed E-state index contributed by atoms with van der Waals surface area (Å²) in [5, 5.41) is 9.05. The number of amides is 1. The summed E-state index contributed by atoms with van der Waals surface area (Å²) in [5.41, 5.74) is 1.05. The molecule has 102 valence electrons. The van der Waals surface area contributed by atoms with Crippen molar-refractivity contribution in [2.75, 3.05) is 19.7 Å². The Morgan fingerprint density at radius 2 is 2.26 bits per heavy atom. The Labute approximate surface area is 112 Å². The number of hydrogen-bond acceptors (Lipinski definition) is 4. The maximum Gasteiger partial charge on any atom is 0.224 e. The van der Waals surface area contributed by atoms with Crippen molar-refractivity contribution in [3.63, 3.8) is 0 Å². The number of pyridine rings is 1. The van der Waals surface area contributed by atoms with Gasteiger partial charge in [-0.25, -0.2) is 0 Å². The number of nitrogens with zero attached hydrogens (tertiary/aromatic N) is 3. The third-order valence-corrected chi connectivity index (χ3v) is 4.16. The minimum absolute atomic E-state index is 0.0508. The normalized spacial score (nSPS) is 27.0. The van der Waals surface area contributed by atoms with Gasteiger partial charge in [0.1, 0.15) is 0 Å². The first-order valence-electron chi connectivity index (χ1n) is 6.84. The number of fused-ring (bicyclic) bond motifs is 1. The number of aliphatic hydroxyl groups is 1. The zero-order chi connectivity index (χ0) is 13.2. The van der Waals surface area contributed by atoms with Gasteiger partial charge in [0.05, 0.1) is 12.3 Å². The van der Waals surface area contributed by atoms with Gasteiger partial charge in [0.25, 0.3) is 0 Å². The van der Waals surface area contributed by atoms with E-state index in [-0.39, 0.29) is 18.6 Å². The highest BCUT2D eigenvalue weighted by atomic mass is 16.3. The maximum absolute atomic E-state index is 11.9. The van der Waals surface area contributed by atoms with E-state index >= 15 is 0 Å². The lowest BCUT2D eigenvalue weighted by molar-refractivity contribution is -0.129. The summed E-state index contributed by atoms with van der Waals surface area (Å²) in [6.45, 7) is 2.33. The summed E-state index contributed by atoms with van der Waals surface area (Å²) in [6, 6.07) is 6.51. The molecule has 0 saturated carbocycles. The van der Waals surface area contributed by atoms with Gasteiger partial charge in [-0.2, -0.15) is 0 Å². The Kier molecular flexibility index (Phi) is 3.48. The van der Waals surface area contributed by atoms with Crippen molar-refractivity contribution in [1.29, 1.82) is 0 Å². The highest BCUT2D eigenvalue weighted by Gasteiger charge is 2.46. The lowest BCUT2D eigenvalue weighted by atomic mass is 10.1. The Morgan fingerprint density at radius 3 is 3.00 bits per heavy atom. The van der Waals surface area contributed by atoms with Crippen molar-refractivity contribution in [3.05, 3.63) is 30.1 Å². The Hall–Kier alpha value is -1.46. The van der Waals surface area contributed by atoms with E-state index in [0.717, 1.165) is 25.2 Å². The van der Waals surface area contributed by atoms with Crippen molar-refractivity contribution >= 4 is 5.91 Å². The van der Waals surface area contributed by atoms with Crippen LogP contribution in [0.15, 0.2) is 24.4 Å². The first-order valence-corrected chi connectivity index (χ1v) is 6.84. The van der Waals surface area contributed by atoms with Gasteiger partial charge in [-0.15, -0.1) is 0 Å². The lowest BCUT2D eigenvalue weighted by Crippen LogP contribution is -2.38. The topological polar surface area (TPSA) is 56.7 Å². The molecule has 2 fully saturated rings. The average molecular weight is 261 g/mol. The Bertz CT molecular complexity index is 451. The molecule has 5 nitrogen and oxygen atoms in total. The van der Waals surface area contributed by atoms with Crippen molar-refractivity contribution in [2.45, 2.75) is 31.5 Å². The summed E-state index contributed by atoms with van der Waals surface area (Å²) >= 11 is 0. The van der Waals surface area contributed by atoms with Crippen LogP contribution in [0.5, 0.6) is 0 Å². The number of aliphatic hydroxyl groups excluding tert-OH is 1. The van der Waals surface area contributed by atoms with Crippen LogP contribution in [0.4, 0.5) is 0 Å². The predicted molar refractivity (Wildman–Crippen MR) is 70.3 cm³/mol. The molecular weight excluding hydrogens is 242 g/mol. The summed E-state index contributed by atoms with van der Waals surface area (Å²) < 4.78 is 0. The van der Waals surface area contributed by atoms with Gasteiger partial charge in [0.2, 0.25) is 5.91 Å². The molecule has 0 radical (unpaired) electrons. The minimum atomic E-state index is 0.0508. The number of carbonyl (C=O) groups is 1. The zero-order valence-electron chi connectivity index (χ0n) is 10.9. The molecule has 0 aromatic carbocycles. The fourth-order valence-electron chi connectivity index (χ4n) is 3.30. The second-order valence-electron chi connectivity index (χ2n) is 5.23. The average Bonchev–Trinajstić information content (AvgIpc) is 2.93. The number of hydrogen-bond donors (Lipinski definition) is 1. The van der Waals surface area contributed by atoms with E-state index in [4.69, 9.17) is 5.11 Å². The molecule has 1 aromatic heterocycles. The molecule has 0 spiro atoms. The second-order valence-corrected chi connectivity index (χ2v) is 5.23. The highest BCUT2D eigenvalue weighted by molar-refractivity contribution is 5.80. The van der Waals surface area contributed by atoms with E-state index in [9.17, 15) is 4.79 Å². The summed E-state index contributed by atoms with van der Waals surface area (Å²) in [4.78, 5) is 20.5. The van der Waals surface area contributed by atoms with Gasteiger partial charge in [-0.3, -0.25) is 14.7 Å². The van der Waals surface area contributed by atoms with Gasteiger partial charge >= 0.3 is 0 Å². The molecule has 2 aliphatic heterocycles. The van der Waals surface area contributed by atoms with Crippen LogP contribution in [0.3, 0.4) is 0 Å². The molecule has 0 unspecified atom stereocenters. The molecule has 1 aromatic rings. The molecule has 1 N–H and O–H groups in total. The molecule has 2 aliphatic rings. The van der Waals surface area contributed by atoms with Crippen molar-refractivity contribution in [1.82, 2.24) is 14.8 Å². The molecular formula is C14H19N3O2. The van der Waals surface area contributed by atoms with Crippen LogP contribution < -0.4 is 0 Å². The van der Waals surface area contributed by atoms with Crippen LogP contribution in [-0.4, -0.2) is 57.6 Å². The van der Waals surface area contributed by atoms with Gasteiger partial charge in [-0.05, 0) is 18.6 Å². The molecule has 19 heavy (non-hydrogen) atoms. The Morgan fingerprint density at radius 1 is 1.37 bits per heavy atom. The van der Waals surface area contributed by atoms with Gasteiger partial charge in [-0.1, -0.05) is 6.07 Å². The molecule has 3 heterocycles. The van der Waals surface area contributed by atoms with E-state index in [1.165, 1.54) is 0 Å². The summed E-state index contributed by atoms with van der Waals surface area (Å²) in [6.07, 6.45) is 3.39. The molecule has 0 bridgehead atoms. The van der Waals surface area contributed by atoms with E-state index in [0.29, 0.717) is 19.0 Å². The maximum atomic E-state index is 11.9. The standard InChI is InChI=1S/C14H19N3O2/c18-8-7-17-12-4-6-16(13(12)9-14(17)19)10-11-3-1-2-5-15-11/h1-3,5,12-13,18H,4,6-10H2/t12-,13-/m0/s1. The molecule has 2 saturated heterocycles. The number of rotatable bonds is 4. The second kappa shape index (κ2) is 5.27. The van der Waals surface area contributed by atoms with Crippen LogP contribution in [-0.2, 0) is 11.3 Å². The van der Waals surface area contributed by atoms with Crippen LogP contribution in [0.1, 0.15) is 18.5 Å². The predicted octanol–water partition coefficient (Wildman–Crippen LogP) is 0.249. The number of β-amino-alcohol motifs (C(OH)–C–C–N with tert-alkyl or cyclic N) is 1. The third kappa shape index (κ3) is 2.35. The van der Waals surface area contributed by atoms with Crippen molar-refractivity contribution in [2.24, 2.45) is 0 Å². The zero-order valence-corrected chi connectivity index (χ0v) is 10.9. The summed E-state index contributed by atoms with van der Waals surface area (Å²) in [7, 11) is 0.